The maximum Gasteiger partial charge on any atom is 0.273 e. The molecule has 198 valence electrons. The maximum atomic E-state index is 13.9. The van der Waals surface area contributed by atoms with Crippen molar-refractivity contribution in [1.82, 2.24) is 10.2 Å². The number of nitro benzene ring substituents is 1. The number of benzene rings is 3. The predicted molar refractivity (Wildman–Crippen MR) is 148 cm³/mol. The lowest BCUT2D eigenvalue weighted by atomic mass is 9.94. The summed E-state index contributed by atoms with van der Waals surface area (Å²) in [6, 6.07) is 22.3. The number of carbonyl (C=O) groups excluding carboxylic acids is 2. The van der Waals surface area contributed by atoms with Crippen molar-refractivity contribution >= 4 is 29.1 Å². The monoisotopic (exact) mass is 533 g/mol. The lowest BCUT2D eigenvalue weighted by molar-refractivity contribution is -0.385. The summed E-state index contributed by atoms with van der Waals surface area (Å²) in [6.07, 6.45) is 5.22. The highest BCUT2D eigenvalue weighted by atomic mass is 35.5. The van der Waals surface area contributed by atoms with E-state index in [1.54, 1.807) is 24.3 Å². The molecule has 8 heteroatoms. The largest absolute Gasteiger partial charge is 0.352 e. The third-order valence-corrected chi connectivity index (χ3v) is 7.42. The first kappa shape index (κ1) is 27.3. The normalized spacial score (nSPS) is 14.4. The van der Waals surface area contributed by atoms with Gasteiger partial charge < -0.3 is 10.2 Å². The SMILES string of the molecule is O=C(NC1CCCCC1)[C@H](Cc1ccccc1)N(Cc1ccccc1Cl)C(=O)Cc1ccccc1[N+](=O)[O-]. The minimum atomic E-state index is -0.814. The highest BCUT2D eigenvalue weighted by Gasteiger charge is 2.33. The van der Waals surface area contributed by atoms with E-state index in [-0.39, 0.29) is 36.5 Å². The summed E-state index contributed by atoms with van der Waals surface area (Å²) in [5.74, 6) is -0.595. The highest BCUT2D eigenvalue weighted by Crippen LogP contribution is 2.24. The molecule has 4 rings (SSSR count). The number of carbonyl (C=O) groups is 2. The van der Waals surface area contributed by atoms with Gasteiger partial charge in [0.15, 0.2) is 0 Å². The van der Waals surface area contributed by atoms with Crippen LogP contribution < -0.4 is 5.32 Å². The molecule has 1 aliphatic carbocycles. The molecule has 2 amide bonds. The number of para-hydroxylation sites is 1. The van der Waals surface area contributed by atoms with E-state index in [2.05, 4.69) is 5.32 Å². The fourth-order valence-electron chi connectivity index (χ4n) is 5.01. The molecule has 1 N–H and O–H groups in total. The van der Waals surface area contributed by atoms with Crippen LogP contribution in [0.5, 0.6) is 0 Å². The summed E-state index contributed by atoms with van der Waals surface area (Å²) in [5.41, 5.74) is 1.80. The molecule has 0 aromatic heterocycles. The fourth-order valence-corrected chi connectivity index (χ4v) is 5.21. The van der Waals surface area contributed by atoms with E-state index in [1.165, 1.54) is 11.0 Å². The molecule has 1 fully saturated rings. The first-order valence-corrected chi connectivity index (χ1v) is 13.4. The van der Waals surface area contributed by atoms with Crippen molar-refractivity contribution in [3.8, 4) is 0 Å². The van der Waals surface area contributed by atoms with Gasteiger partial charge in [0.2, 0.25) is 11.8 Å². The van der Waals surface area contributed by atoms with Crippen LogP contribution in [0.2, 0.25) is 5.02 Å². The van der Waals surface area contributed by atoms with Gasteiger partial charge in [-0.05, 0) is 30.0 Å². The van der Waals surface area contributed by atoms with Crippen LogP contribution in [0.25, 0.3) is 0 Å². The lowest BCUT2D eigenvalue weighted by Gasteiger charge is -2.33. The molecule has 0 heterocycles. The summed E-state index contributed by atoms with van der Waals surface area (Å²) in [4.78, 5) is 40.4. The van der Waals surface area contributed by atoms with Crippen molar-refractivity contribution in [2.45, 2.75) is 63.6 Å². The summed E-state index contributed by atoms with van der Waals surface area (Å²) in [6.45, 7) is 0.106. The molecule has 0 bridgehead atoms. The van der Waals surface area contributed by atoms with Crippen LogP contribution in [-0.4, -0.2) is 33.7 Å². The van der Waals surface area contributed by atoms with Gasteiger partial charge in [0.25, 0.3) is 5.69 Å². The number of rotatable bonds is 10. The molecule has 0 spiro atoms. The van der Waals surface area contributed by atoms with Crippen molar-refractivity contribution in [3.05, 3.63) is 111 Å². The number of halogens is 1. The number of nitrogens with one attached hydrogen (secondary N) is 1. The standard InChI is InChI=1S/C30H32ClN3O4/c31-26-17-9-7-14-24(26)21-33(29(35)20-23-13-8-10-18-27(23)34(37)38)28(19-22-11-3-1-4-12-22)30(36)32-25-15-5-2-6-16-25/h1,3-4,7-14,17-18,25,28H,2,5-6,15-16,19-21H2,(H,32,36)/t28-/m0/s1. The van der Waals surface area contributed by atoms with Gasteiger partial charge in [-0.25, -0.2) is 0 Å². The first-order chi connectivity index (χ1) is 18.4. The molecule has 1 atom stereocenters. The first-order valence-electron chi connectivity index (χ1n) is 13.0. The number of hydrogen-bond acceptors (Lipinski definition) is 4. The Bertz CT molecular complexity index is 1260. The van der Waals surface area contributed by atoms with Crippen LogP contribution in [0.15, 0.2) is 78.9 Å². The summed E-state index contributed by atoms with van der Waals surface area (Å²) in [7, 11) is 0. The zero-order valence-corrected chi connectivity index (χ0v) is 22.0. The second-order valence-corrected chi connectivity index (χ2v) is 10.1. The fraction of sp³-hybridized carbons (Fsp3) is 0.333. The van der Waals surface area contributed by atoms with Crippen molar-refractivity contribution < 1.29 is 14.5 Å². The van der Waals surface area contributed by atoms with Gasteiger partial charge in [-0.2, -0.15) is 0 Å². The molecular formula is C30H32ClN3O4. The van der Waals surface area contributed by atoms with Crippen LogP contribution in [0.1, 0.15) is 48.8 Å². The second-order valence-electron chi connectivity index (χ2n) is 9.72. The Kier molecular flexibility index (Phi) is 9.49. The maximum absolute atomic E-state index is 13.9. The molecule has 1 aliphatic rings. The van der Waals surface area contributed by atoms with E-state index in [4.69, 9.17) is 11.6 Å². The molecule has 3 aromatic rings. The van der Waals surface area contributed by atoms with E-state index in [0.717, 1.165) is 37.7 Å². The number of amides is 2. The van der Waals surface area contributed by atoms with E-state index in [9.17, 15) is 19.7 Å². The third-order valence-electron chi connectivity index (χ3n) is 7.05. The van der Waals surface area contributed by atoms with E-state index in [1.807, 2.05) is 48.5 Å². The average molecular weight is 534 g/mol. The van der Waals surface area contributed by atoms with Crippen LogP contribution in [0.3, 0.4) is 0 Å². The van der Waals surface area contributed by atoms with Crippen LogP contribution >= 0.6 is 11.6 Å². The zero-order valence-electron chi connectivity index (χ0n) is 21.2. The molecule has 3 aromatic carbocycles. The Balaban J connectivity index is 1.70. The van der Waals surface area contributed by atoms with Crippen molar-refractivity contribution in [1.29, 1.82) is 0 Å². The van der Waals surface area contributed by atoms with Crippen molar-refractivity contribution in [3.63, 3.8) is 0 Å². The van der Waals surface area contributed by atoms with Crippen molar-refractivity contribution in [2.24, 2.45) is 0 Å². The number of nitro groups is 1. The Morgan fingerprint density at radius 2 is 1.55 bits per heavy atom. The molecule has 1 saturated carbocycles. The summed E-state index contributed by atoms with van der Waals surface area (Å²) < 4.78 is 0. The molecule has 7 nitrogen and oxygen atoms in total. The summed E-state index contributed by atoms with van der Waals surface area (Å²) >= 11 is 6.47. The van der Waals surface area contributed by atoms with E-state index < -0.39 is 11.0 Å². The smallest absolute Gasteiger partial charge is 0.273 e. The molecule has 0 radical (unpaired) electrons. The topological polar surface area (TPSA) is 92.6 Å². The predicted octanol–water partition coefficient (Wildman–Crippen LogP) is 5.88. The highest BCUT2D eigenvalue weighted by molar-refractivity contribution is 6.31. The van der Waals surface area contributed by atoms with Crippen LogP contribution in [0, 0.1) is 10.1 Å². The van der Waals surface area contributed by atoms with Gasteiger partial charge in [0.05, 0.1) is 11.3 Å². The number of nitrogens with zero attached hydrogens (tertiary/aromatic N) is 2. The molecule has 38 heavy (non-hydrogen) atoms. The molecule has 0 aliphatic heterocycles. The van der Waals surface area contributed by atoms with Crippen LogP contribution in [0.4, 0.5) is 5.69 Å². The van der Waals surface area contributed by atoms with Crippen LogP contribution in [-0.2, 0) is 29.0 Å². The van der Waals surface area contributed by atoms with E-state index in [0.29, 0.717) is 22.6 Å². The third kappa shape index (κ3) is 7.19. The Morgan fingerprint density at radius 3 is 2.24 bits per heavy atom. The molecule has 0 unspecified atom stereocenters. The Hall–Kier alpha value is -3.71. The zero-order chi connectivity index (χ0) is 26.9. The van der Waals surface area contributed by atoms with Crippen molar-refractivity contribution in [2.75, 3.05) is 0 Å². The molecular weight excluding hydrogens is 502 g/mol. The molecule has 0 saturated heterocycles. The van der Waals surface area contributed by atoms with E-state index >= 15 is 0 Å². The second kappa shape index (κ2) is 13.2. The Morgan fingerprint density at radius 1 is 0.921 bits per heavy atom. The van der Waals surface area contributed by atoms with Gasteiger partial charge in [0.1, 0.15) is 6.04 Å². The minimum Gasteiger partial charge on any atom is -0.352 e. The average Bonchev–Trinajstić information content (AvgIpc) is 2.93. The van der Waals surface area contributed by atoms with Gasteiger partial charge in [-0.1, -0.05) is 97.6 Å². The van der Waals surface area contributed by atoms with Gasteiger partial charge in [-0.3, -0.25) is 19.7 Å². The van der Waals surface area contributed by atoms with Gasteiger partial charge in [0, 0.05) is 35.7 Å². The number of hydrogen-bond donors (Lipinski definition) is 1. The van der Waals surface area contributed by atoms with Gasteiger partial charge in [-0.15, -0.1) is 0 Å². The lowest BCUT2D eigenvalue weighted by Crippen LogP contribution is -2.53. The summed E-state index contributed by atoms with van der Waals surface area (Å²) in [5, 5.41) is 15.3. The van der Waals surface area contributed by atoms with Gasteiger partial charge >= 0.3 is 0 Å². The quantitative estimate of drug-likeness (QED) is 0.260. The Labute approximate surface area is 228 Å². The minimum absolute atomic E-state index is 0.0713.